The van der Waals surface area contributed by atoms with Crippen LogP contribution in [-0.2, 0) is 14.2 Å². The van der Waals surface area contributed by atoms with Gasteiger partial charge in [0.05, 0.1) is 11.1 Å². The van der Waals surface area contributed by atoms with Crippen molar-refractivity contribution >= 4 is 11.9 Å². The molecule has 0 aliphatic carbocycles. The van der Waals surface area contributed by atoms with Gasteiger partial charge in [-0.2, -0.15) is 0 Å². The van der Waals surface area contributed by atoms with Crippen molar-refractivity contribution in [1.82, 2.24) is 0 Å². The summed E-state index contributed by atoms with van der Waals surface area (Å²) in [6, 6.07) is 16.3. The predicted molar refractivity (Wildman–Crippen MR) is 88.1 cm³/mol. The number of hydrogen-bond donors (Lipinski definition) is 1. The van der Waals surface area contributed by atoms with E-state index in [4.69, 9.17) is 14.2 Å². The Morgan fingerprint density at radius 1 is 0.962 bits per heavy atom. The van der Waals surface area contributed by atoms with Gasteiger partial charge >= 0.3 is 11.9 Å². The molecule has 4 atom stereocenters. The molecule has 1 aliphatic heterocycles. The number of rotatable bonds is 5. The van der Waals surface area contributed by atoms with E-state index in [0.29, 0.717) is 5.56 Å². The van der Waals surface area contributed by atoms with Gasteiger partial charge < -0.3 is 19.3 Å². The fraction of sp³-hybridized carbons (Fsp3) is 0.263. The van der Waals surface area contributed by atoms with E-state index >= 15 is 0 Å². The van der Waals surface area contributed by atoms with Gasteiger partial charge in [0.2, 0.25) is 0 Å². The topological polar surface area (TPSA) is 82.1 Å². The molecule has 0 spiro atoms. The number of benzene rings is 2. The zero-order chi connectivity index (χ0) is 18.5. The van der Waals surface area contributed by atoms with Crippen molar-refractivity contribution in [2.75, 3.05) is 6.61 Å². The monoisotopic (exact) mass is 360 g/mol. The molecule has 0 saturated carbocycles. The first-order valence-corrected chi connectivity index (χ1v) is 8.02. The molecule has 3 rings (SSSR count). The summed E-state index contributed by atoms with van der Waals surface area (Å²) in [4.78, 5) is 24.1. The van der Waals surface area contributed by atoms with Gasteiger partial charge in [-0.05, 0) is 24.3 Å². The van der Waals surface area contributed by atoms with Crippen molar-refractivity contribution in [1.29, 1.82) is 0 Å². The first kappa shape index (κ1) is 18.0. The van der Waals surface area contributed by atoms with Crippen LogP contribution in [0.3, 0.4) is 0 Å². The van der Waals surface area contributed by atoms with E-state index in [1.807, 2.05) is 0 Å². The Hall–Kier alpha value is -2.77. The van der Waals surface area contributed by atoms with Crippen LogP contribution < -0.4 is 0 Å². The molecular weight excluding hydrogens is 343 g/mol. The Balaban J connectivity index is 1.63. The molecule has 0 unspecified atom stereocenters. The van der Waals surface area contributed by atoms with Crippen molar-refractivity contribution < 1.29 is 33.3 Å². The van der Waals surface area contributed by atoms with Gasteiger partial charge in [-0.3, -0.25) is 0 Å². The van der Waals surface area contributed by atoms with Gasteiger partial charge in [-0.25, -0.2) is 14.0 Å². The number of hydrogen-bond acceptors (Lipinski definition) is 6. The van der Waals surface area contributed by atoms with Gasteiger partial charge in [0, 0.05) is 0 Å². The van der Waals surface area contributed by atoms with Crippen molar-refractivity contribution in [3.05, 3.63) is 71.8 Å². The second kappa shape index (κ2) is 8.07. The minimum Gasteiger partial charge on any atom is -0.459 e. The van der Waals surface area contributed by atoms with Crippen LogP contribution in [0.2, 0.25) is 0 Å². The molecule has 0 radical (unpaired) electrons. The number of aliphatic hydroxyl groups is 1. The summed E-state index contributed by atoms with van der Waals surface area (Å²) in [5.41, 5.74) is 0.557. The van der Waals surface area contributed by atoms with E-state index in [9.17, 15) is 19.1 Å². The highest BCUT2D eigenvalue weighted by molar-refractivity contribution is 5.90. The lowest BCUT2D eigenvalue weighted by molar-refractivity contribution is -0.122. The van der Waals surface area contributed by atoms with Gasteiger partial charge in [-0.1, -0.05) is 36.4 Å². The number of esters is 2. The summed E-state index contributed by atoms with van der Waals surface area (Å²) in [6.07, 6.45) is -6.20. The Morgan fingerprint density at radius 2 is 1.50 bits per heavy atom. The van der Waals surface area contributed by atoms with Crippen LogP contribution >= 0.6 is 0 Å². The lowest BCUT2D eigenvalue weighted by atomic mass is 10.1. The second-order valence-electron chi connectivity index (χ2n) is 5.71. The zero-order valence-electron chi connectivity index (χ0n) is 13.7. The van der Waals surface area contributed by atoms with Gasteiger partial charge in [-0.15, -0.1) is 0 Å². The van der Waals surface area contributed by atoms with Crippen molar-refractivity contribution in [3.8, 4) is 0 Å². The van der Waals surface area contributed by atoms with E-state index in [0.717, 1.165) is 0 Å². The van der Waals surface area contributed by atoms with E-state index in [-0.39, 0.29) is 12.2 Å². The number of aliphatic hydroxyl groups excluding tert-OH is 1. The van der Waals surface area contributed by atoms with Crippen LogP contribution in [0.1, 0.15) is 20.7 Å². The minimum atomic E-state index is -1.94. The Kier molecular flexibility index (Phi) is 5.60. The van der Waals surface area contributed by atoms with Gasteiger partial charge in [0.25, 0.3) is 0 Å². The molecule has 136 valence electrons. The van der Waals surface area contributed by atoms with E-state index in [2.05, 4.69) is 0 Å². The fourth-order valence-electron chi connectivity index (χ4n) is 2.56. The quantitative estimate of drug-likeness (QED) is 0.823. The highest BCUT2D eigenvalue weighted by atomic mass is 19.1. The van der Waals surface area contributed by atoms with Crippen LogP contribution in [0.4, 0.5) is 4.39 Å². The highest BCUT2D eigenvalue weighted by Crippen LogP contribution is 2.26. The molecule has 1 fully saturated rings. The average Bonchev–Trinajstić information content (AvgIpc) is 2.95. The molecule has 0 amide bonds. The molecule has 1 heterocycles. The SMILES string of the molecule is O=C(OC[C@@H]1O[C@H](O)[C@@H](F)[C@@H]1OC(=O)c1ccccc1)c1ccccc1. The largest absolute Gasteiger partial charge is 0.459 e. The van der Waals surface area contributed by atoms with Crippen molar-refractivity contribution in [3.63, 3.8) is 0 Å². The molecule has 0 bridgehead atoms. The first-order chi connectivity index (χ1) is 12.6. The molecule has 6 nitrogen and oxygen atoms in total. The molecule has 26 heavy (non-hydrogen) atoms. The third-order valence-electron chi connectivity index (χ3n) is 3.91. The summed E-state index contributed by atoms with van der Waals surface area (Å²) in [7, 11) is 0. The van der Waals surface area contributed by atoms with Crippen LogP contribution in [-0.4, -0.2) is 48.3 Å². The lowest BCUT2D eigenvalue weighted by Crippen LogP contribution is -2.37. The molecule has 1 saturated heterocycles. The first-order valence-electron chi connectivity index (χ1n) is 8.02. The number of carbonyl (C=O) groups is 2. The maximum absolute atomic E-state index is 14.2. The normalized spacial score (nSPS) is 24.8. The standard InChI is InChI=1S/C19H17FO6/c20-15-16(26-18(22)13-9-5-2-6-10-13)14(25-19(15)23)11-24-17(21)12-7-3-1-4-8-12/h1-10,14-16,19,23H,11H2/t14-,15-,16+,19-/m0/s1. The summed E-state index contributed by atoms with van der Waals surface area (Å²) in [6.45, 7) is -0.363. The minimum absolute atomic E-state index is 0.237. The van der Waals surface area contributed by atoms with Crippen LogP contribution in [0.25, 0.3) is 0 Å². The summed E-state index contributed by atoms with van der Waals surface area (Å²) in [5, 5.41) is 9.58. The highest BCUT2D eigenvalue weighted by Gasteiger charge is 2.47. The number of carbonyl (C=O) groups excluding carboxylic acids is 2. The predicted octanol–water partition coefficient (Wildman–Crippen LogP) is 2.12. The molecule has 0 aromatic heterocycles. The Morgan fingerprint density at radius 3 is 2.08 bits per heavy atom. The third kappa shape index (κ3) is 4.07. The Bertz CT molecular complexity index is 751. The fourth-order valence-corrected chi connectivity index (χ4v) is 2.56. The maximum atomic E-state index is 14.2. The lowest BCUT2D eigenvalue weighted by Gasteiger charge is -2.19. The van der Waals surface area contributed by atoms with Gasteiger partial charge in [0.15, 0.2) is 18.6 Å². The second-order valence-corrected chi connectivity index (χ2v) is 5.71. The number of halogens is 1. The molecule has 7 heteroatoms. The number of ether oxygens (including phenoxy) is 3. The summed E-state index contributed by atoms with van der Waals surface area (Å²) < 4.78 is 29.4. The molecule has 2 aromatic rings. The molecule has 2 aromatic carbocycles. The molecular formula is C19H17FO6. The van der Waals surface area contributed by atoms with E-state index in [1.54, 1.807) is 48.5 Å². The summed E-state index contributed by atoms with van der Waals surface area (Å²) in [5.74, 6) is -1.38. The van der Waals surface area contributed by atoms with E-state index < -0.39 is 36.6 Å². The summed E-state index contributed by atoms with van der Waals surface area (Å²) >= 11 is 0. The Labute approximate surface area is 149 Å². The third-order valence-corrected chi connectivity index (χ3v) is 3.91. The van der Waals surface area contributed by atoms with E-state index in [1.165, 1.54) is 12.1 Å². The van der Waals surface area contributed by atoms with Gasteiger partial charge in [0.1, 0.15) is 12.7 Å². The van der Waals surface area contributed by atoms with Crippen LogP contribution in [0, 0.1) is 0 Å². The molecule has 1 aliphatic rings. The average molecular weight is 360 g/mol. The molecule has 1 N–H and O–H groups in total. The zero-order valence-corrected chi connectivity index (χ0v) is 13.7. The van der Waals surface area contributed by atoms with Crippen LogP contribution in [0.15, 0.2) is 60.7 Å². The van der Waals surface area contributed by atoms with Crippen molar-refractivity contribution in [2.45, 2.75) is 24.7 Å². The van der Waals surface area contributed by atoms with Crippen molar-refractivity contribution in [2.24, 2.45) is 0 Å². The maximum Gasteiger partial charge on any atom is 0.338 e. The van der Waals surface area contributed by atoms with Crippen LogP contribution in [0.5, 0.6) is 0 Å². The smallest absolute Gasteiger partial charge is 0.338 e. The number of alkyl halides is 1.